The Balaban J connectivity index is 2.64. The number of nitrogens with one attached hydrogen (secondary N) is 1. The minimum atomic E-state index is -0.802. The second-order valence-corrected chi connectivity index (χ2v) is 6.73. The smallest absolute Gasteiger partial charge is 0.272 e. The highest BCUT2D eigenvalue weighted by Gasteiger charge is 2.14. The van der Waals surface area contributed by atoms with Crippen molar-refractivity contribution in [3.05, 3.63) is 24.0 Å². The molecule has 5 nitrogen and oxygen atoms in total. The molecule has 0 saturated carbocycles. The van der Waals surface area contributed by atoms with Gasteiger partial charge < -0.3 is 10.2 Å². The molecular formula is C15H25N3O2S. The monoisotopic (exact) mass is 311 g/mol. The molecule has 1 N–H and O–H groups in total. The zero-order valence-corrected chi connectivity index (χ0v) is 14.1. The molecule has 118 valence electrons. The quantitative estimate of drug-likeness (QED) is 0.799. The first-order chi connectivity index (χ1) is 9.99. The fourth-order valence-electron chi connectivity index (χ4n) is 1.92. The van der Waals surface area contributed by atoms with Crippen LogP contribution >= 0.6 is 0 Å². The summed E-state index contributed by atoms with van der Waals surface area (Å²) in [6.45, 7) is 7.96. The van der Waals surface area contributed by atoms with Crippen molar-refractivity contribution >= 4 is 22.4 Å². The predicted molar refractivity (Wildman–Crippen MR) is 88.1 cm³/mol. The van der Waals surface area contributed by atoms with Crippen LogP contribution in [0.2, 0.25) is 0 Å². The summed E-state index contributed by atoms with van der Waals surface area (Å²) >= 11 is 0. The van der Waals surface area contributed by atoms with Gasteiger partial charge in [-0.3, -0.25) is 14.0 Å². The van der Waals surface area contributed by atoms with Gasteiger partial charge in [0, 0.05) is 53.8 Å². The van der Waals surface area contributed by atoms with Crippen molar-refractivity contribution in [3.8, 4) is 0 Å². The van der Waals surface area contributed by atoms with E-state index < -0.39 is 10.8 Å². The van der Waals surface area contributed by atoms with Crippen molar-refractivity contribution in [2.24, 2.45) is 0 Å². The summed E-state index contributed by atoms with van der Waals surface area (Å²) in [7, 11) is -0.802. The Kier molecular flexibility index (Phi) is 7.36. The van der Waals surface area contributed by atoms with E-state index in [1.54, 1.807) is 23.4 Å². The molecule has 2 unspecified atom stereocenters. The van der Waals surface area contributed by atoms with Crippen LogP contribution in [0, 0.1) is 0 Å². The third kappa shape index (κ3) is 5.46. The summed E-state index contributed by atoms with van der Waals surface area (Å²) in [5.41, 5.74) is 1.32. The Bertz CT molecular complexity index is 490. The highest BCUT2D eigenvalue weighted by atomic mass is 32.2. The normalized spacial score (nSPS) is 13.5. The molecule has 0 aliphatic rings. The molecule has 6 heteroatoms. The van der Waals surface area contributed by atoms with Gasteiger partial charge in [0.1, 0.15) is 5.69 Å². The SMILES string of the molecule is CCN(CC)C(=O)c1cc(NCCC(C)S(C)=O)ccn1. The van der Waals surface area contributed by atoms with Crippen molar-refractivity contribution < 1.29 is 9.00 Å². The number of amides is 1. The molecule has 2 atom stereocenters. The standard InChI is InChI=1S/C15H25N3O2S/c1-5-18(6-2)15(19)14-11-13(8-10-17-14)16-9-7-12(3)21(4)20/h8,10-12H,5-7,9H2,1-4H3,(H,16,17). The second-order valence-electron chi connectivity index (χ2n) is 4.93. The zero-order chi connectivity index (χ0) is 15.8. The molecule has 0 aromatic carbocycles. The fraction of sp³-hybridized carbons (Fsp3) is 0.600. The number of rotatable bonds is 8. The topological polar surface area (TPSA) is 62.3 Å². The zero-order valence-electron chi connectivity index (χ0n) is 13.3. The number of hydrogen-bond acceptors (Lipinski definition) is 4. The van der Waals surface area contributed by atoms with Gasteiger partial charge >= 0.3 is 0 Å². The fourth-order valence-corrected chi connectivity index (χ4v) is 2.37. The van der Waals surface area contributed by atoms with Gasteiger partial charge in [-0.2, -0.15) is 0 Å². The maximum atomic E-state index is 12.2. The minimum Gasteiger partial charge on any atom is -0.385 e. The van der Waals surface area contributed by atoms with Gasteiger partial charge in [0.25, 0.3) is 5.91 Å². The van der Waals surface area contributed by atoms with Crippen LogP contribution in [0.25, 0.3) is 0 Å². The van der Waals surface area contributed by atoms with Gasteiger partial charge in [0.15, 0.2) is 0 Å². The molecule has 0 aliphatic heterocycles. The molecule has 0 aliphatic carbocycles. The van der Waals surface area contributed by atoms with Crippen molar-refractivity contribution in [3.63, 3.8) is 0 Å². The minimum absolute atomic E-state index is 0.0494. The molecular weight excluding hydrogens is 286 g/mol. The van der Waals surface area contributed by atoms with Gasteiger partial charge in [-0.05, 0) is 32.4 Å². The number of aromatic nitrogens is 1. The first-order valence-electron chi connectivity index (χ1n) is 7.31. The summed E-state index contributed by atoms with van der Waals surface area (Å²) in [5.74, 6) is -0.0494. The number of nitrogens with zero attached hydrogens (tertiary/aromatic N) is 2. The van der Waals surface area contributed by atoms with Gasteiger partial charge in [-0.1, -0.05) is 6.92 Å². The van der Waals surface area contributed by atoms with Crippen molar-refractivity contribution in [1.29, 1.82) is 0 Å². The summed E-state index contributed by atoms with van der Waals surface area (Å²) in [5, 5.41) is 3.42. The highest BCUT2D eigenvalue weighted by molar-refractivity contribution is 7.84. The number of carbonyl (C=O) groups excluding carboxylic acids is 1. The molecule has 1 amide bonds. The van der Waals surface area contributed by atoms with Gasteiger partial charge in [-0.15, -0.1) is 0 Å². The molecule has 1 heterocycles. The Morgan fingerprint density at radius 1 is 1.43 bits per heavy atom. The van der Waals surface area contributed by atoms with Gasteiger partial charge in [0.2, 0.25) is 0 Å². The van der Waals surface area contributed by atoms with E-state index >= 15 is 0 Å². The van der Waals surface area contributed by atoms with E-state index in [1.807, 2.05) is 26.8 Å². The van der Waals surface area contributed by atoms with E-state index in [4.69, 9.17) is 0 Å². The second kappa shape index (κ2) is 8.77. The maximum absolute atomic E-state index is 12.2. The molecule has 0 spiro atoms. The molecule has 21 heavy (non-hydrogen) atoms. The number of hydrogen-bond donors (Lipinski definition) is 1. The van der Waals surface area contributed by atoms with Crippen LogP contribution in [-0.4, -0.2) is 51.1 Å². The molecule has 1 rings (SSSR count). The maximum Gasteiger partial charge on any atom is 0.272 e. The molecule has 0 saturated heterocycles. The summed E-state index contributed by atoms with van der Waals surface area (Å²) < 4.78 is 11.3. The average Bonchev–Trinajstić information content (AvgIpc) is 2.48. The van der Waals surface area contributed by atoms with E-state index in [2.05, 4.69) is 10.3 Å². The van der Waals surface area contributed by atoms with E-state index in [0.717, 1.165) is 18.7 Å². The molecule has 0 fully saturated rings. The lowest BCUT2D eigenvalue weighted by Crippen LogP contribution is -2.31. The number of carbonyl (C=O) groups is 1. The first-order valence-corrected chi connectivity index (χ1v) is 8.93. The molecule has 1 aromatic rings. The van der Waals surface area contributed by atoms with E-state index in [0.29, 0.717) is 18.8 Å². The Morgan fingerprint density at radius 2 is 2.10 bits per heavy atom. The third-order valence-electron chi connectivity index (χ3n) is 3.48. The summed E-state index contributed by atoms with van der Waals surface area (Å²) in [4.78, 5) is 18.1. The van der Waals surface area contributed by atoms with Crippen LogP contribution in [0.1, 0.15) is 37.7 Å². The first kappa shape index (κ1) is 17.6. The van der Waals surface area contributed by atoms with Crippen molar-refractivity contribution in [2.45, 2.75) is 32.4 Å². The summed E-state index contributed by atoms with van der Waals surface area (Å²) in [6.07, 6.45) is 4.18. The van der Waals surface area contributed by atoms with Crippen LogP contribution in [0.4, 0.5) is 5.69 Å². The Morgan fingerprint density at radius 3 is 2.67 bits per heavy atom. The lowest BCUT2D eigenvalue weighted by atomic mass is 10.2. The Labute approximate surface area is 129 Å². The average molecular weight is 311 g/mol. The molecule has 0 bridgehead atoms. The number of anilines is 1. The van der Waals surface area contributed by atoms with Crippen molar-refractivity contribution in [1.82, 2.24) is 9.88 Å². The van der Waals surface area contributed by atoms with Gasteiger partial charge in [0.05, 0.1) is 0 Å². The van der Waals surface area contributed by atoms with Crippen LogP contribution in [0.5, 0.6) is 0 Å². The summed E-state index contributed by atoms with van der Waals surface area (Å²) in [6, 6.07) is 3.61. The lowest BCUT2D eigenvalue weighted by Gasteiger charge is -2.18. The van der Waals surface area contributed by atoms with E-state index in [9.17, 15) is 9.00 Å². The molecule has 0 radical (unpaired) electrons. The Hall–Kier alpha value is -1.43. The largest absolute Gasteiger partial charge is 0.385 e. The highest BCUT2D eigenvalue weighted by Crippen LogP contribution is 2.11. The van der Waals surface area contributed by atoms with Crippen molar-refractivity contribution in [2.75, 3.05) is 31.2 Å². The number of pyridine rings is 1. The third-order valence-corrected chi connectivity index (χ3v) is 4.85. The lowest BCUT2D eigenvalue weighted by molar-refractivity contribution is 0.0767. The van der Waals surface area contributed by atoms with Gasteiger partial charge in [-0.25, -0.2) is 0 Å². The van der Waals surface area contributed by atoms with Crippen LogP contribution in [-0.2, 0) is 10.8 Å². The van der Waals surface area contributed by atoms with E-state index in [-0.39, 0.29) is 11.2 Å². The van der Waals surface area contributed by atoms with Crippen LogP contribution in [0.3, 0.4) is 0 Å². The van der Waals surface area contributed by atoms with E-state index in [1.165, 1.54) is 0 Å². The van der Waals surface area contributed by atoms with Crippen LogP contribution in [0.15, 0.2) is 18.3 Å². The molecule has 1 aromatic heterocycles. The van der Waals surface area contributed by atoms with Crippen LogP contribution < -0.4 is 5.32 Å². The predicted octanol–water partition coefficient (Wildman–Crippen LogP) is 2.13.